The van der Waals surface area contributed by atoms with E-state index in [1.54, 1.807) is 0 Å². The molecule has 0 aromatic carbocycles. The van der Waals surface area contributed by atoms with Crippen LogP contribution >= 0.6 is 0 Å². The van der Waals surface area contributed by atoms with Crippen molar-refractivity contribution in [1.82, 2.24) is 0 Å². The molecule has 0 unspecified atom stereocenters. The number of aliphatic hydroxyl groups excluding tert-OH is 1. The molecule has 0 atom stereocenters. The molecule has 0 aromatic heterocycles. The highest BCUT2D eigenvalue weighted by Gasteiger charge is 2.44. The van der Waals surface area contributed by atoms with Crippen molar-refractivity contribution in [2.45, 2.75) is 38.5 Å². The fourth-order valence-electron chi connectivity index (χ4n) is 1.95. The summed E-state index contributed by atoms with van der Waals surface area (Å²) in [6.07, 6.45) is 5.65. The number of hydrogen-bond acceptors (Lipinski definition) is 3. The zero-order valence-electron chi connectivity index (χ0n) is 8.21. The van der Waals surface area contributed by atoms with Crippen LogP contribution in [0.1, 0.15) is 38.5 Å². The standard InChI is InChI=1S/C10H18O3/c1-13-9(12)10(6-4-7-10)5-2-3-8-11/h11H,2-8H2,1H3. The first-order valence-electron chi connectivity index (χ1n) is 4.94. The van der Waals surface area contributed by atoms with E-state index in [-0.39, 0.29) is 18.0 Å². The lowest BCUT2D eigenvalue weighted by Gasteiger charge is -2.38. The van der Waals surface area contributed by atoms with Crippen molar-refractivity contribution in [3.63, 3.8) is 0 Å². The van der Waals surface area contributed by atoms with Gasteiger partial charge in [0.1, 0.15) is 0 Å². The van der Waals surface area contributed by atoms with Crippen molar-refractivity contribution in [1.29, 1.82) is 0 Å². The van der Waals surface area contributed by atoms with Crippen LogP contribution in [0.3, 0.4) is 0 Å². The van der Waals surface area contributed by atoms with Gasteiger partial charge >= 0.3 is 5.97 Å². The number of hydrogen-bond donors (Lipinski definition) is 1. The van der Waals surface area contributed by atoms with Crippen LogP contribution < -0.4 is 0 Å². The van der Waals surface area contributed by atoms with Crippen LogP contribution in [0.4, 0.5) is 0 Å². The van der Waals surface area contributed by atoms with Gasteiger partial charge in [-0.1, -0.05) is 12.8 Å². The Morgan fingerprint density at radius 2 is 2.15 bits per heavy atom. The van der Waals surface area contributed by atoms with E-state index in [0.29, 0.717) is 0 Å². The van der Waals surface area contributed by atoms with E-state index in [0.717, 1.165) is 38.5 Å². The van der Waals surface area contributed by atoms with Crippen LogP contribution in [0.25, 0.3) is 0 Å². The molecule has 0 amide bonds. The minimum absolute atomic E-state index is 0.0586. The minimum Gasteiger partial charge on any atom is -0.469 e. The van der Waals surface area contributed by atoms with Gasteiger partial charge in [0, 0.05) is 6.61 Å². The van der Waals surface area contributed by atoms with Crippen LogP contribution in [0.15, 0.2) is 0 Å². The van der Waals surface area contributed by atoms with E-state index in [1.165, 1.54) is 7.11 Å². The predicted molar refractivity (Wildman–Crippen MR) is 49.2 cm³/mol. The molecule has 1 aliphatic carbocycles. The summed E-state index contributed by atoms with van der Waals surface area (Å²) in [5.41, 5.74) is -0.191. The van der Waals surface area contributed by atoms with Gasteiger partial charge in [-0.3, -0.25) is 4.79 Å². The lowest BCUT2D eigenvalue weighted by Crippen LogP contribution is -2.38. The summed E-state index contributed by atoms with van der Waals surface area (Å²) in [4.78, 5) is 11.4. The normalized spacial score (nSPS) is 19.2. The number of unbranched alkanes of at least 4 members (excludes halogenated alkanes) is 1. The molecule has 0 radical (unpaired) electrons. The molecular formula is C10H18O3. The quantitative estimate of drug-likeness (QED) is 0.522. The fourth-order valence-corrected chi connectivity index (χ4v) is 1.95. The molecule has 3 nitrogen and oxygen atoms in total. The maximum Gasteiger partial charge on any atom is 0.311 e. The Balaban J connectivity index is 2.36. The number of carbonyl (C=O) groups is 1. The molecule has 1 aliphatic rings. The van der Waals surface area contributed by atoms with Crippen molar-refractivity contribution < 1.29 is 14.6 Å². The van der Waals surface area contributed by atoms with Crippen LogP contribution in [-0.4, -0.2) is 24.8 Å². The molecule has 1 fully saturated rings. The zero-order chi connectivity index (χ0) is 9.73. The van der Waals surface area contributed by atoms with Gasteiger partial charge in [0.15, 0.2) is 0 Å². The number of esters is 1. The molecule has 0 heterocycles. The number of ether oxygens (including phenoxy) is 1. The average molecular weight is 186 g/mol. The van der Waals surface area contributed by atoms with Crippen LogP contribution in [0, 0.1) is 5.41 Å². The average Bonchev–Trinajstić information content (AvgIpc) is 2.08. The van der Waals surface area contributed by atoms with Gasteiger partial charge in [0.25, 0.3) is 0 Å². The fraction of sp³-hybridized carbons (Fsp3) is 0.900. The largest absolute Gasteiger partial charge is 0.469 e. The number of methoxy groups -OCH3 is 1. The molecule has 1 saturated carbocycles. The van der Waals surface area contributed by atoms with E-state index >= 15 is 0 Å². The summed E-state index contributed by atoms with van der Waals surface area (Å²) >= 11 is 0. The first kappa shape index (κ1) is 10.5. The van der Waals surface area contributed by atoms with Crippen molar-refractivity contribution in [3.8, 4) is 0 Å². The van der Waals surface area contributed by atoms with Crippen LogP contribution in [0.5, 0.6) is 0 Å². The second-order valence-corrected chi connectivity index (χ2v) is 3.81. The smallest absolute Gasteiger partial charge is 0.311 e. The third-order valence-electron chi connectivity index (χ3n) is 2.99. The topological polar surface area (TPSA) is 46.5 Å². The van der Waals surface area contributed by atoms with Crippen molar-refractivity contribution >= 4 is 5.97 Å². The number of aliphatic hydroxyl groups is 1. The summed E-state index contributed by atoms with van der Waals surface area (Å²) in [6.45, 7) is 0.219. The highest BCUT2D eigenvalue weighted by Crippen LogP contribution is 2.45. The first-order chi connectivity index (χ1) is 6.25. The second-order valence-electron chi connectivity index (χ2n) is 3.81. The Labute approximate surface area is 79.1 Å². The van der Waals surface area contributed by atoms with Crippen molar-refractivity contribution in [3.05, 3.63) is 0 Å². The third-order valence-corrected chi connectivity index (χ3v) is 2.99. The lowest BCUT2D eigenvalue weighted by atomic mass is 9.66. The van der Waals surface area contributed by atoms with Crippen molar-refractivity contribution in [2.24, 2.45) is 5.41 Å². The van der Waals surface area contributed by atoms with Crippen molar-refractivity contribution in [2.75, 3.05) is 13.7 Å². The summed E-state index contributed by atoms with van der Waals surface area (Å²) in [7, 11) is 1.45. The molecule has 0 bridgehead atoms. The van der Waals surface area contributed by atoms with E-state index in [4.69, 9.17) is 9.84 Å². The maximum atomic E-state index is 11.4. The van der Waals surface area contributed by atoms with E-state index in [9.17, 15) is 4.79 Å². The first-order valence-corrected chi connectivity index (χ1v) is 4.94. The summed E-state index contributed by atoms with van der Waals surface area (Å²) in [6, 6.07) is 0. The highest BCUT2D eigenvalue weighted by molar-refractivity contribution is 5.77. The molecule has 3 heteroatoms. The summed E-state index contributed by atoms with van der Waals surface area (Å²) in [5.74, 6) is -0.0586. The molecule has 0 aromatic rings. The highest BCUT2D eigenvalue weighted by atomic mass is 16.5. The predicted octanol–water partition coefficient (Wildman–Crippen LogP) is 1.49. The van der Waals surface area contributed by atoms with Gasteiger partial charge in [-0.15, -0.1) is 0 Å². The second kappa shape index (κ2) is 4.61. The van der Waals surface area contributed by atoms with Gasteiger partial charge in [-0.05, 0) is 25.7 Å². The van der Waals surface area contributed by atoms with E-state index in [1.807, 2.05) is 0 Å². The number of carbonyl (C=O) groups excluding carboxylic acids is 1. The SMILES string of the molecule is COC(=O)C1(CCCCO)CCC1. The molecule has 76 valence electrons. The van der Waals surface area contributed by atoms with E-state index < -0.39 is 0 Å². The van der Waals surface area contributed by atoms with Crippen LogP contribution in [-0.2, 0) is 9.53 Å². The molecular weight excluding hydrogens is 168 g/mol. The molecule has 0 saturated heterocycles. The molecule has 1 N–H and O–H groups in total. The van der Waals surface area contributed by atoms with Gasteiger partial charge in [-0.25, -0.2) is 0 Å². The van der Waals surface area contributed by atoms with Gasteiger partial charge in [0.05, 0.1) is 12.5 Å². The third kappa shape index (κ3) is 2.21. The molecule has 13 heavy (non-hydrogen) atoms. The Kier molecular flexibility index (Phi) is 3.72. The zero-order valence-corrected chi connectivity index (χ0v) is 8.21. The Morgan fingerprint density at radius 3 is 2.54 bits per heavy atom. The molecule has 0 aliphatic heterocycles. The Morgan fingerprint density at radius 1 is 1.46 bits per heavy atom. The Bertz CT molecular complexity index is 173. The lowest BCUT2D eigenvalue weighted by molar-refractivity contribution is -0.159. The van der Waals surface area contributed by atoms with Gasteiger partial charge in [-0.2, -0.15) is 0 Å². The van der Waals surface area contributed by atoms with Gasteiger partial charge < -0.3 is 9.84 Å². The molecule has 1 rings (SSSR count). The number of rotatable bonds is 5. The minimum atomic E-state index is -0.191. The maximum absolute atomic E-state index is 11.4. The Hall–Kier alpha value is -0.570. The summed E-state index contributed by atoms with van der Waals surface area (Å²) < 4.78 is 4.79. The van der Waals surface area contributed by atoms with Gasteiger partial charge in [0.2, 0.25) is 0 Å². The van der Waals surface area contributed by atoms with E-state index in [2.05, 4.69) is 0 Å². The van der Waals surface area contributed by atoms with Crippen LogP contribution in [0.2, 0.25) is 0 Å². The summed E-state index contributed by atoms with van der Waals surface area (Å²) in [5, 5.41) is 8.63. The monoisotopic (exact) mass is 186 g/mol. The molecule has 0 spiro atoms.